The summed E-state index contributed by atoms with van der Waals surface area (Å²) >= 11 is 13.1. The minimum absolute atomic E-state index is 0.0784. The van der Waals surface area contributed by atoms with Gasteiger partial charge in [0, 0.05) is 10.6 Å². The molecule has 2 nitrogen and oxygen atoms in total. The van der Waals surface area contributed by atoms with Crippen LogP contribution in [0.1, 0.15) is 4.88 Å². The molecule has 1 aromatic heterocycles. The van der Waals surface area contributed by atoms with Gasteiger partial charge in [0.25, 0.3) is 0 Å². The molecule has 0 atom stereocenters. The van der Waals surface area contributed by atoms with Crippen molar-refractivity contribution in [3.05, 3.63) is 38.6 Å². The highest BCUT2D eigenvalue weighted by atomic mass is 35.5. The monoisotopic (exact) mass is 259 g/mol. The average molecular weight is 260 g/mol. The third-order valence-corrected chi connectivity index (χ3v) is 3.42. The lowest BCUT2D eigenvalue weighted by Crippen LogP contribution is -1.85. The van der Waals surface area contributed by atoms with E-state index in [9.17, 15) is 0 Å². The number of hydrogen-bond acceptors (Lipinski definition) is 3. The van der Waals surface area contributed by atoms with Crippen LogP contribution in [0.4, 0.5) is 0 Å². The highest BCUT2D eigenvalue weighted by molar-refractivity contribution is 7.16. The molecule has 1 aromatic carbocycles. The molecule has 0 aliphatic heterocycles. The Balaban J connectivity index is 2.58. The molecule has 0 radical (unpaired) electrons. The van der Waals surface area contributed by atoms with Crippen LogP contribution < -0.4 is 0 Å². The van der Waals surface area contributed by atoms with Gasteiger partial charge in [0.05, 0.1) is 17.2 Å². The summed E-state index contributed by atoms with van der Waals surface area (Å²) in [6.07, 6.45) is 0. The average Bonchev–Trinajstić information content (AvgIpc) is 2.60. The first-order valence-corrected chi connectivity index (χ1v) is 5.80. The molecule has 0 saturated heterocycles. The summed E-state index contributed by atoms with van der Waals surface area (Å²) in [4.78, 5) is 4.88. The predicted molar refractivity (Wildman–Crippen MR) is 63.5 cm³/mol. The van der Waals surface area contributed by atoms with Gasteiger partial charge >= 0.3 is 0 Å². The Bertz CT molecular complexity index is 484. The van der Waals surface area contributed by atoms with E-state index >= 15 is 0 Å². The van der Waals surface area contributed by atoms with Gasteiger partial charge in [-0.05, 0) is 6.07 Å². The van der Waals surface area contributed by atoms with Crippen molar-refractivity contribution in [1.29, 1.82) is 0 Å². The number of aliphatic hydroxyl groups excluding tert-OH is 1. The van der Waals surface area contributed by atoms with Gasteiger partial charge in [0.1, 0.15) is 0 Å². The zero-order chi connectivity index (χ0) is 10.8. The first-order valence-electron chi connectivity index (χ1n) is 4.23. The Morgan fingerprint density at radius 2 is 2.00 bits per heavy atom. The molecule has 0 aliphatic carbocycles. The molecule has 0 spiro atoms. The van der Waals surface area contributed by atoms with Crippen LogP contribution in [-0.4, -0.2) is 10.1 Å². The van der Waals surface area contributed by atoms with E-state index in [-0.39, 0.29) is 6.61 Å². The van der Waals surface area contributed by atoms with Crippen LogP contribution in [0.25, 0.3) is 11.3 Å². The number of aliphatic hydroxyl groups is 1. The molecule has 15 heavy (non-hydrogen) atoms. The van der Waals surface area contributed by atoms with E-state index < -0.39 is 0 Å². The minimum Gasteiger partial charge on any atom is -0.391 e. The van der Waals surface area contributed by atoms with Gasteiger partial charge in [0.2, 0.25) is 0 Å². The summed E-state index contributed by atoms with van der Waals surface area (Å²) in [7, 11) is 0. The maximum atomic E-state index is 9.15. The van der Waals surface area contributed by atoms with E-state index in [1.165, 1.54) is 11.3 Å². The zero-order valence-electron chi connectivity index (χ0n) is 7.58. The SMILES string of the molecule is OCc1sc(Cl)nc1-c1ccccc1Cl. The van der Waals surface area contributed by atoms with Crippen molar-refractivity contribution in [3.8, 4) is 11.3 Å². The summed E-state index contributed by atoms with van der Waals surface area (Å²) in [5, 5.41) is 9.76. The van der Waals surface area contributed by atoms with Crippen LogP contribution in [0, 0.1) is 0 Å². The van der Waals surface area contributed by atoms with E-state index in [0.717, 1.165) is 10.4 Å². The molecule has 2 aromatic rings. The molecule has 1 N–H and O–H groups in total. The van der Waals surface area contributed by atoms with Crippen LogP contribution in [0.15, 0.2) is 24.3 Å². The smallest absolute Gasteiger partial charge is 0.184 e. The quantitative estimate of drug-likeness (QED) is 0.894. The van der Waals surface area contributed by atoms with Gasteiger partial charge in [-0.1, -0.05) is 41.4 Å². The van der Waals surface area contributed by atoms with E-state index in [1.807, 2.05) is 18.2 Å². The summed E-state index contributed by atoms with van der Waals surface area (Å²) < 4.78 is 0.411. The normalized spacial score (nSPS) is 10.6. The highest BCUT2D eigenvalue weighted by Crippen LogP contribution is 2.34. The van der Waals surface area contributed by atoms with Crippen LogP contribution in [0.5, 0.6) is 0 Å². The molecule has 0 unspecified atom stereocenters. The Labute approximate surface area is 101 Å². The largest absolute Gasteiger partial charge is 0.391 e. The predicted octanol–water partition coefficient (Wildman–Crippen LogP) is 3.61. The zero-order valence-corrected chi connectivity index (χ0v) is 9.90. The number of benzene rings is 1. The van der Waals surface area contributed by atoms with Crippen molar-refractivity contribution in [2.45, 2.75) is 6.61 Å². The third-order valence-electron chi connectivity index (χ3n) is 1.94. The van der Waals surface area contributed by atoms with Crippen LogP contribution >= 0.6 is 34.5 Å². The Kier molecular flexibility index (Phi) is 3.26. The molecule has 0 bridgehead atoms. The fourth-order valence-electron chi connectivity index (χ4n) is 1.29. The Hall–Kier alpha value is -0.610. The van der Waals surface area contributed by atoms with Gasteiger partial charge in [-0.25, -0.2) is 4.98 Å². The standard InChI is InChI=1S/C10H7Cl2NOS/c11-7-4-2-1-3-6(7)9-8(5-14)15-10(12)13-9/h1-4,14H,5H2. The lowest BCUT2D eigenvalue weighted by Gasteiger charge is -2.01. The summed E-state index contributed by atoms with van der Waals surface area (Å²) in [6, 6.07) is 7.35. The fraction of sp³-hybridized carbons (Fsp3) is 0.100. The molecule has 0 fully saturated rings. The fourth-order valence-corrected chi connectivity index (χ4v) is 2.54. The van der Waals surface area contributed by atoms with Crippen molar-refractivity contribution < 1.29 is 5.11 Å². The van der Waals surface area contributed by atoms with E-state index in [4.69, 9.17) is 28.3 Å². The second-order valence-electron chi connectivity index (χ2n) is 2.88. The highest BCUT2D eigenvalue weighted by Gasteiger charge is 2.13. The maximum absolute atomic E-state index is 9.15. The van der Waals surface area contributed by atoms with Gasteiger partial charge in [-0.2, -0.15) is 0 Å². The van der Waals surface area contributed by atoms with Gasteiger partial charge in [-0.3, -0.25) is 0 Å². The van der Waals surface area contributed by atoms with Gasteiger partial charge in [-0.15, -0.1) is 11.3 Å². The number of nitrogens with zero attached hydrogens (tertiary/aromatic N) is 1. The van der Waals surface area contributed by atoms with Crippen LogP contribution in [0.2, 0.25) is 9.49 Å². The lowest BCUT2D eigenvalue weighted by molar-refractivity contribution is 0.286. The number of hydrogen-bond donors (Lipinski definition) is 1. The van der Waals surface area contributed by atoms with Crippen LogP contribution in [-0.2, 0) is 6.61 Å². The van der Waals surface area contributed by atoms with E-state index in [0.29, 0.717) is 15.2 Å². The van der Waals surface area contributed by atoms with Crippen LogP contribution in [0.3, 0.4) is 0 Å². The van der Waals surface area contributed by atoms with Crippen molar-refractivity contribution in [3.63, 3.8) is 0 Å². The topological polar surface area (TPSA) is 33.1 Å². The molecule has 0 aliphatic rings. The summed E-state index contributed by atoms with van der Waals surface area (Å²) in [5.74, 6) is 0. The molecule has 2 rings (SSSR count). The molecule has 0 saturated carbocycles. The minimum atomic E-state index is -0.0784. The molecule has 0 amide bonds. The van der Waals surface area contributed by atoms with Crippen molar-refractivity contribution >= 4 is 34.5 Å². The summed E-state index contributed by atoms with van der Waals surface area (Å²) in [5.41, 5.74) is 1.46. The third kappa shape index (κ3) is 2.16. The number of halogens is 2. The number of thiazole rings is 1. The van der Waals surface area contributed by atoms with Gasteiger partial charge < -0.3 is 5.11 Å². The second kappa shape index (κ2) is 4.49. The first kappa shape index (κ1) is 10.9. The van der Waals surface area contributed by atoms with Crippen molar-refractivity contribution in [1.82, 2.24) is 4.98 Å². The van der Waals surface area contributed by atoms with E-state index in [2.05, 4.69) is 4.98 Å². The number of aromatic nitrogens is 1. The molecule has 5 heteroatoms. The van der Waals surface area contributed by atoms with Gasteiger partial charge in [0.15, 0.2) is 4.47 Å². The van der Waals surface area contributed by atoms with Crippen molar-refractivity contribution in [2.75, 3.05) is 0 Å². The van der Waals surface area contributed by atoms with E-state index in [1.54, 1.807) is 6.07 Å². The molecular weight excluding hydrogens is 253 g/mol. The second-order valence-corrected chi connectivity index (χ2v) is 4.95. The Morgan fingerprint density at radius 1 is 1.27 bits per heavy atom. The number of rotatable bonds is 2. The lowest BCUT2D eigenvalue weighted by atomic mass is 10.1. The Morgan fingerprint density at radius 3 is 2.67 bits per heavy atom. The first-order chi connectivity index (χ1) is 7.22. The molecular formula is C10H7Cl2NOS. The molecule has 78 valence electrons. The summed E-state index contributed by atoms with van der Waals surface area (Å²) in [6.45, 7) is -0.0784. The maximum Gasteiger partial charge on any atom is 0.184 e. The molecule has 1 heterocycles. The van der Waals surface area contributed by atoms with Crippen molar-refractivity contribution in [2.24, 2.45) is 0 Å².